The lowest BCUT2D eigenvalue weighted by Crippen LogP contribution is -2.41. The second kappa shape index (κ2) is 9.27. The minimum absolute atomic E-state index is 0.314. The van der Waals surface area contributed by atoms with Gasteiger partial charge in [0.2, 0.25) is 0 Å². The molecule has 130 valence electrons. The van der Waals surface area contributed by atoms with Crippen LogP contribution in [0.25, 0.3) is 0 Å². The average Bonchev–Trinajstić information content (AvgIpc) is 2.67. The fraction of sp³-hybridized carbons (Fsp3) is 0.364. The second-order valence-electron chi connectivity index (χ2n) is 6.52. The van der Waals surface area contributed by atoms with Crippen molar-refractivity contribution in [1.29, 1.82) is 0 Å². The van der Waals surface area contributed by atoms with E-state index in [4.69, 9.17) is 11.2 Å². The van der Waals surface area contributed by atoms with Gasteiger partial charge in [-0.15, -0.1) is 6.42 Å². The molecular formula is C22H26N2O. The summed E-state index contributed by atoms with van der Waals surface area (Å²) in [7, 11) is 0. The Morgan fingerprint density at radius 3 is 2.52 bits per heavy atom. The van der Waals surface area contributed by atoms with Crippen LogP contribution in [0, 0.1) is 12.3 Å². The van der Waals surface area contributed by atoms with Crippen LogP contribution >= 0.6 is 0 Å². The van der Waals surface area contributed by atoms with Gasteiger partial charge in [0.25, 0.3) is 0 Å². The van der Waals surface area contributed by atoms with Crippen molar-refractivity contribution in [1.82, 2.24) is 10.2 Å². The summed E-state index contributed by atoms with van der Waals surface area (Å²) in [5.41, 5.74) is 2.57. The van der Waals surface area contributed by atoms with Crippen molar-refractivity contribution in [2.24, 2.45) is 0 Å². The molecule has 1 heterocycles. The van der Waals surface area contributed by atoms with Crippen LogP contribution in [0.4, 0.5) is 0 Å². The lowest BCUT2D eigenvalue weighted by atomic mass is 10.0. The number of ether oxygens (including phenoxy) is 1. The van der Waals surface area contributed by atoms with Gasteiger partial charge in [-0.3, -0.25) is 4.90 Å². The Balaban J connectivity index is 1.45. The Labute approximate surface area is 151 Å². The van der Waals surface area contributed by atoms with Gasteiger partial charge in [-0.1, -0.05) is 54.5 Å². The van der Waals surface area contributed by atoms with Gasteiger partial charge in [-0.25, -0.2) is 0 Å². The van der Waals surface area contributed by atoms with Gasteiger partial charge in [0.05, 0.1) is 0 Å². The average molecular weight is 334 g/mol. The highest BCUT2D eigenvalue weighted by Gasteiger charge is 2.19. The highest BCUT2D eigenvalue weighted by atomic mass is 16.5. The van der Waals surface area contributed by atoms with Crippen LogP contribution < -0.4 is 10.1 Å². The molecule has 0 aliphatic carbocycles. The SMILES string of the molecule is C#CCOc1ccccc1CNC1CCN(Cc2ccccc2)CC1. The van der Waals surface area contributed by atoms with E-state index in [0.717, 1.165) is 31.9 Å². The number of rotatable bonds is 7. The molecule has 0 unspecified atom stereocenters. The fourth-order valence-corrected chi connectivity index (χ4v) is 3.30. The van der Waals surface area contributed by atoms with Gasteiger partial charge in [0.1, 0.15) is 12.4 Å². The molecule has 1 aliphatic heterocycles. The Kier molecular flexibility index (Phi) is 6.50. The molecule has 1 aliphatic rings. The van der Waals surface area contributed by atoms with Gasteiger partial charge in [0, 0.05) is 24.7 Å². The summed E-state index contributed by atoms with van der Waals surface area (Å²) < 4.78 is 5.63. The zero-order valence-corrected chi connectivity index (χ0v) is 14.7. The van der Waals surface area contributed by atoms with Crippen molar-refractivity contribution in [3.8, 4) is 18.1 Å². The predicted molar refractivity (Wildman–Crippen MR) is 102 cm³/mol. The maximum absolute atomic E-state index is 5.63. The van der Waals surface area contributed by atoms with Crippen molar-refractivity contribution in [2.45, 2.75) is 32.0 Å². The molecule has 2 aromatic rings. The van der Waals surface area contributed by atoms with Crippen LogP contribution in [0.5, 0.6) is 5.75 Å². The summed E-state index contributed by atoms with van der Waals surface area (Å²) in [4.78, 5) is 2.54. The number of benzene rings is 2. The van der Waals surface area contributed by atoms with Gasteiger partial charge in [-0.05, 0) is 37.6 Å². The molecular weight excluding hydrogens is 308 g/mol. The summed E-state index contributed by atoms with van der Waals surface area (Å²) in [5, 5.41) is 3.68. The number of para-hydroxylation sites is 1. The lowest BCUT2D eigenvalue weighted by molar-refractivity contribution is 0.190. The zero-order chi connectivity index (χ0) is 17.3. The summed E-state index contributed by atoms with van der Waals surface area (Å²) in [6, 6.07) is 19.4. The Hall–Kier alpha value is -2.28. The topological polar surface area (TPSA) is 24.5 Å². The molecule has 3 rings (SSSR count). The molecule has 1 saturated heterocycles. The van der Waals surface area contributed by atoms with E-state index in [0.29, 0.717) is 12.6 Å². The largest absolute Gasteiger partial charge is 0.481 e. The van der Waals surface area contributed by atoms with Crippen LogP contribution in [-0.4, -0.2) is 30.6 Å². The van der Waals surface area contributed by atoms with E-state index >= 15 is 0 Å². The van der Waals surface area contributed by atoms with Gasteiger partial charge in [0.15, 0.2) is 0 Å². The van der Waals surface area contributed by atoms with E-state index in [9.17, 15) is 0 Å². The minimum Gasteiger partial charge on any atom is -0.481 e. The molecule has 0 saturated carbocycles. The first-order valence-electron chi connectivity index (χ1n) is 8.99. The minimum atomic E-state index is 0.314. The van der Waals surface area contributed by atoms with E-state index in [2.05, 4.69) is 52.5 Å². The first-order valence-corrected chi connectivity index (χ1v) is 8.99. The number of piperidine rings is 1. The quantitative estimate of drug-likeness (QED) is 0.785. The molecule has 0 spiro atoms. The molecule has 3 nitrogen and oxygen atoms in total. The highest BCUT2D eigenvalue weighted by molar-refractivity contribution is 5.33. The number of hydrogen-bond donors (Lipinski definition) is 1. The first-order chi connectivity index (χ1) is 12.3. The van der Waals surface area contributed by atoms with Crippen molar-refractivity contribution in [3.63, 3.8) is 0 Å². The maximum Gasteiger partial charge on any atom is 0.148 e. The van der Waals surface area contributed by atoms with E-state index < -0.39 is 0 Å². The van der Waals surface area contributed by atoms with Gasteiger partial charge in [-0.2, -0.15) is 0 Å². The van der Waals surface area contributed by atoms with E-state index in [1.54, 1.807) is 0 Å². The molecule has 0 radical (unpaired) electrons. The van der Waals surface area contributed by atoms with Crippen molar-refractivity contribution in [2.75, 3.05) is 19.7 Å². The third-order valence-electron chi connectivity index (χ3n) is 4.70. The van der Waals surface area contributed by atoms with Gasteiger partial charge < -0.3 is 10.1 Å². The third-order valence-corrected chi connectivity index (χ3v) is 4.70. The number of nitrogens with zero attached hydrogens (tertiary/aromatic N) is 1. The normalized spacial score (nSPS) is 15.6. The predicted octanol–water partition coefficient (Wildman–Crippen LogP) is 3.45. The summed E-state index contributed by atoms with van der Waals surface area (Å²) in [5.74, 6) is 3.41. The summed E-state index contributed by atoms with van der Waals surface area (Å²) in [6.45, 7) is 4.47. The molecule has 0 amide bonds. The van der Waals surface area contributed by atoms with Crippen molar-refractivity contribution in [3.05, 3.63) is 65.7 Å². The smallest absolute Gasteiger partial charge is 0.148 e. The van der Waals surface area contributed by atoms with Gasteiger partial charge >= 0.3 is 0 Å². The zero-order valence-electron chi connectivity index (χ0n) is 14.7. The van der Waals surface area contributed by atoms with E-state index in [-0.39, 0.29) is 0 Å². The van der Waals surface area contributed by atoms with E-state index in [1.807, 2.05) is 18.2 Å². The maximum atomic E-state index is 5.63. The van der Waals surface area contributed by atoms with Crippen LogP contribution in [0.3, 0.4) is 0 Å². The second-order valence-corrected chi connectivity index (χ2v) is 6.52. The van der Waals surface area contributed by atoms with Crippen molar-refractivity contribution < 1.29 is 4.74 Å². The molecule has 2 aromatic carbocycles. The molecule has 1 fully saturated rings. The van der Waals surface area contributed by atoms with Crippen LogP contribution in [-0.2, 0) is 13.1 Å². The number of nitrogens with one attached hydrogen (secondary N) is 1. The molecule has 0 atom stereocenters. The first kappa shape index (κ1) is 17.5. The standard InChI is InChI=1S/C22H26N2O/c1-2-16-25-22-11-7-6-10-20(22)17-23-21-12-14-24(15-13-21)18-19-8-4-3-5-9-19/h1,3-11,21,23H,12-18H2. The molecule has 25 heavy (non-hydrogen) atoms. The molecule has 0 aromatic heterocycles. The number of hydrogen-bond acceptors (Lipinski definition) is 3. The van der Waals surface area contributed by atoms with Crippen LogP contribution in [0.1, 0.15) is 24.0 Å². The Bertz CT molecular complexity index is 685. The third kappa shape index (κ3) is 5.35. The monoisotopic (exact) mass is 334 g/mol. The van der Waals surface area contributed by atoms with Crippen LogP contribution in [0.15, 0.2) is 54.6 Å². The Morgan fingerprint density at radius 2 is 1.76 bits per heavy atom. The summed E-state index contributed by atoms with van der Waals surface area (Å²) in [6.07, 6.45) is 7.65. The highest BCUT2D eigenvalue weighted by Crippen LogP contribution is 2.19. The Morgan fingerprint density at radius 1 is 1.04 bits per heavy atom. The van der Waals surface area contributed by atoms with Crippen molar-refractivity contribution >= 4 is 0 Å². The number of terminal acetylenes is 1. The fourth-order valence-electron chi connectivity index (χ4n) is 3.30. The number of likely N-dealkylation sites (tertiary alicyclic amines) is 1. The lowest BCUT2D eigenvalue weighted by Gasteiger charge is -2.32. The van der Waals surface area contributed by atoms with Crippen LogP contribution in [0.2, 0.25) is 0 Å². The molecule has 0 bridgehead atoms. The summed E-state index contributed by atoms with van der Waals surface area (Å²) >= 11 is 0. The molecule has 1 N–H and O–H groups in total. The molecule has 3 heteroatoms. The van der Waals surface area contributed by atoms with E-state index in [1.165, 1.54) is 24.0 Å².